The van der Waals surface area contributed by atoms with Crippen LogP contribution in [0, 0.1) is 0 Å². The fourth-order valence-corrected chi connectivity index (χ4v) is 3.08. The molecule has 0 radical (unpaired) electrons. The molecule has 3 nitrogen and oxygen atoms in total. The number of nitrogens with zero attached hydrogens (tertiary/aromatic N) is 1. The van der Waals surface area contributed by atoms with Crippen molar-refractivity contribution >= 4 is 0 Å². The Bertz CT molecular complexity index is 396. The normalized spacial score (nSPS) is 18.6. The van der Waals surface area contributed by atoms with E-state index in [9.17, 15) is 0 Å². The molecule has 118 valence electrons. The van der Waals surface area contributed by atoms with Gasteiger partial charge in [0.1, 0.15) is 5.75 Å². The lowest BCUT2D eigenvalue weighted by atomic mass is 10.0. The van der Waals surface area contributed by atoms with Gasteiger partial charge in [0.05, 0.1) is 7.11 Å². The van der Waals surface area contributed by atoms with E-state index in [1.807, 2.05) is 12.1 Å². The minimum atomic E-state index is 0.588. The molecule has 0 aromatic heterocycles. The van der Waals surface area contributed by atoms with E-state index in [1.54, 1.807) is 7.11 Å². The SMILES string of the molecule is CCN1CCC(NC(C)CCc2ccc(OC)cc2)CC1. The summed E-state index contributed by atoms with van der Waals surface area (Å²) in [5, 5.41) is 3.80. The van der Waals surface area contributed by atoms with Gasteiger partial charge in [-0.3, -0.25) is 0 Å². The molecular weight excluding hydrogens is 260 g/mol. The molecule has 1 aromatic carbocycles. The summed E-state index contributed by atoms with van der Waals surface area (Å²) in [4.78, 5) is 2.54. The fraction of sp³-hybridized carbons (Fsp3) is 0.667. The van der Waals surface area contributed by atoms with Gasteiger partial charge in [0.25, 0.3) is 0 Å². The summed E-state index contributed by atoms with van der Waals surface area (Å²) in [6, 6.07) is 9.74. The number of likely N-dealkylation sites (tertiary alicyclic amines) is 1. The highest BCUT2D eigenvalue weighted by atomic mass is 16.5. The monoisotopic (exact) mass is 290 g/mol. The average Bonchev–Trinajstić information content (AvgIpc) is 2.54. The molecule has 1 atom stereocenters. The topological polar surface area (TPSA) is 24.5 Å². The number of hydrogen-bond donors (Lipinski definition) is 1. The summed E-state index contributed by atoms with van der Waals surface area (Å²) in [5.74, 6) is 0.938. The molecule has 1 saturated heterocycles. The van der Waals surface area contributed by atoms with Crippen LogP contribution in [0.5, 0.6) is 5.75 Å². The van der Waals surface area contributed by atoms with Crippen molar-refractivity contribution in [2.24, 2.45) is 0 Å². The van der Waals surface area contributed by atoms with Crippen LogP contribution in [0.1, 0.15) is 38.7 Å². The lowest BCUT2D eigenvalue weighted by Crippen LogP contribution is -2.45. The first kappa shape index (κ1) is 16.3. The largest absolute Gasteiger partial charge is 0.497 e. The van der Waals surface area contributed by atoms with Crippen LogP contribution >= 0.6 is 0 Å². The maximum atomic E-state index is 5.20. The van der Waals surface area contributed by atoms with E-state index in [1.165, 1.54) is 44.5 Å². The highest BCUT2D eigenvalue weighted by molar-refractivity contribution is 5.27. The first-order valence-corrected chi connectivity index (χ1v) is 8.32. The van der Waals surface area contributed by atoms with E-state index in [0.717, 1.165) is 12.2 Å². The van der Waals surface area contributed by atoms with Gasteiger partial charge < -0.3 is 15.0 Å². The number of nitrogens with one attached hydrogen (secondary N) is 1. The summed E-state index contributed by atoms with van der Waals surface area (Å²) < 4.78 is 5.20. The standard InChI is InChI=1S/C18H30N2O/c1-4-20-13-11-17(12-14-20)19-15(2)5-6-16-7-9-18(21-3)10-8-16/h7-10,15,17,19H,4-6,11-14H2,1-3H3. The third-order valence-corrected chi connectivity index (χ3v) is 4.58. The number of benzene rings is 1. The lowest BCUT2D eigenvalue weighted by Gasteiger charge is -2.33. The van der Waals surface area contributed by atoms with Gasteiger partial charge in [-0.2, -0.15) is 0 Å². The number of methoxy groups -OCH3 is 1. The van der Waals surface area contributed by atoms with E-state index in [0.29, 0.717) is 12.1 Å². The van der Waals surface area contributed by atoms with E-state index in [4.69, 9.17) is 4.74 Å². The van der Waals surface area contributed by atoms with Gasteiger partial charge in [0.2, 0.25) is 0 Å². The van der Waals surface area contributed by atoms with Gasteiger partial charge >= 0.3 is 0 Å². The Morgan fingerprint density at radius 3 is 2.48 bits per heavy atom. The summed E-state index contributed by atoms with van der Waals surface area (Å²) in [7, 11) is 1.71. The van der Waals surface area contributed by atoms with E-state index >= 15 is 0 Å². The van der Waals surface area contributed by atoms with E-state index in [-0.39, 0.29) is 0 Å². The molecule has 1 N–H and O–H groups in total. The molecule has 21 heavy (non-hydrogen) atoms. The highest BCUT2D eigenvalue weighted by Crippen LogP contribution is 2.15. The van der Waals surface area contributed by atoms with Gasteiger partial charge in [0, 0.05) is 12.1 Å². The van der Waals surface area contributed by atoms with Crippen molar-refractivity contribution in [2.45, 2.75) is 51.6 Å². The average molecular weight is 290 g/mol. The van der Waals surface area contributed by atoms with Crippen molar-refractivity contribution in [1.29, 1.82) is 0 Å². The summed E-state index contributed by atoms with van der Waals surface area (Å²) >= 11 is 0. The zero-order chi connectivity index (χ0) is 15.1. The second-order valence-electron chi connectivity index (χ2n) is 6.16. The van der Waals surface area contributed by atoms with E-state index < -0.39 is 0 Å². The first-order valence-electron chi connectivity index (χ1n) is 8.32. The summed E-state index contributed by atoms with van der Waals surface area (Å²) in [6.45, 7) is 8.26. The molecule has 1 heterocycles. The van der Waals surface area contributed by atoms with Crippen LogP contribution in [-0.4, -0.2) is 43.7 Å². The Morgan fingerprint density at radius 2 is 1.90 bits per heavy atom. The Hall–Kier alpha value is -1.06. The van der Waals surface area contributed by atoms with E-state index in [2.05, 4.69) is 36.2 Å². The molecule has 0 amide bonds. The summed E-state index contributed by atoms with van der Waals surface area (Å²) in [5.41, 5.74) is 1.39. The predicted molar refractivity (Wildman–Crippen MR) is 89.0 cm³/mol. The van der Waals surface area contributed by atoms with Crippen molar-refractivity contribution in [1.82, 2.24) is 10.2 Å². The Labute approximate surface area is 129 Å². The maximum absolute atomic E-state index is 5.20. The number of aryl methyl sites for hydroxylation is 1. The van der Waals surface area contributed by atoms with Gasteiger partial charge in [-0.15, -0.1) is 0 Å². The van der Waals surface area contributed by atoms with Crippen molar-refractivity contribution in [3.63, 3.8) is 0 Å². The number of rotatable bonds is 7. The third kappa shape index (κ3) is 5.33. The van der Waals surface area contributed by atoms with Crippen molar-refractivity contribution in [3.05, 3.63) is 29.8 Å². The molecule has 0 saturated carbocycles. The number of hydrogen-bond acceptors (Lipinski definition) is 3. The molecule has 0 spiro atoms. The lowest BCUT2D eigenvalue weighted by molar-refractivity contribution is 0.199. The Balaban J connectivity index is 1.68. The smallest absolute Gasteiger partial charge is 0.118 e. The minimum Gasteiger partial charge on any atom is -0.497 e. The van der Waals surface area contributed by atoms with Crippen LogP contribution in [0.4, 0.5) is 0 Å². The molecule has 1 aliphatic rings. The number of ether oxygens (including phenoxy) is 1. The van der Waals surface area contributed by atoms with Crippen LogP contribution in [0.25, 0.3) is 0 Å². The maximum Gasteiger partial charge on any atom is 0.118 e. The molecule has 1 aromatic rings. The fourth-order valence-electron chi connectivity index (χ4n) is 3.08. The van der Waals surface area contributed by atoms with Gasteiger partial charge in [-0.05, 0) is 69.9 Å². The van der Waals surface area contributed by atoms with Crippen LogP contribution in [0.15, 0.2) is 24.3 Å². The Morgan fingerprint density at radius 1 is 1.24 bits per heavy atom. The number of piperidine rings is 1. The molecule has 1 unspecified atom stereocenters. The quantitative estimate of drug-likeness (QED) is 0.835. The molecule has 0 aliphatic carbocycles. The van der Waals surface area contributed by atoms with Gasteiger partial charge in [-0.25, -0.2) is 0 Å². The van der Waals surface area contributed by atoms with Gasteiger partial charge in [-0.1, -0.05) is 19.1 Å². The first-order chi connectivity index (χ1) is 10.2. The van der Waals surface area contributed by atoms with Crippen LogP contribution in [-0.2, 0) is 6.42 Å². The van der Waals surface area contributed by atoms with Crippen molar-refractivity contribution < 1.29 is 4.74 Å². The van der Waals surface area contributed by atoms with Crippen molar-refractivity contribution in [2.75, 3.05) is 26.7 Å². The molecule has 2 rings (SSSR count). The zero-order valence-corrected chi connectivity index (χ0v) is 13.8. The Kier molecular flexibility index (Phi) is 6.52. The summed E-state index contributed by atoms with van der Waals surface area (Å²) in [6.07, 6.45) is 4.91. The molecule has 3 heteroatoms. The molecule has 1 aliphatic heterocycles. The third-order valence-electron chi connectivity index (χ3n) is 4.58. The second-order valence-corrected chi connectivity index (χ2v) is 6.16. The predicted octanol–water partition coefficient (Wildman–Crippen LogP) is 3.09. The molecular formula is C18H30N2O. The second kappa shape index (κ2) is 8.40. The molecule has 1 fully saturated rings. The minimum absolute atomic E-state index is 0.588. The highest BCUT2D eigenvalue weighted by Gasteiger charge is 2.19. The zero-order valence-electron chi connectivity index (χ0n) is 13.8. The van der Waals surface area contributed by atoms with Gasteiger partial charge in [0.15, 0.2) is 0 Å². The van der Waals surface area contributed by atoms with Crippen LogP contribution in [0.3, 0.4) is 0 Å². The van der Waals surface area contributed by atoms with Crippen LogP contribution < -0.4 is 10.1 Å². The van der Waals surface area contributed by atoms with Crippen LogP contribution in [0.2, 0.25) is 0 Å². The molecule has 0 bridgehead atoms. The van der Waals surface area contributed by atoms with Crippen molar-refractivity contribution in [3.8, 4) is 5.75 Å².